The van der Waals surface area contributed by atoms with Gasteiger partial charge in [-0.15, -0.1) is 0 Å². The molecule has 1 aromatic carbocycles. The van der Waals surface area contributed by atoms with Crippen LogP contribution in [0, 0.1) is 17.2 Å². The third-order valence-electron chi connectivity index (χ3n) is 7.58. The minimum absolute atomic E-state index is 0.0274. The van der Waals surface area contributed by atoms with Gasteiger partial charge in [-0.25, -0.2) is 0 Å². The summed E-state index contributed by atoms with van der Waals surface area (Å²) in [6, 6.07) is 7.85. The number of benzene rings is 1. The van der Waals surface area contributed by atoms with Gasteiger partial charge in [-0.1, -0.05) is 12.1 Å². The Balaban J connectivity index is 1.21. The van der Waals surface area contributed by atoms with Gasteiger partial charge in [-0.2, -0.15) is 5.26 Å². The minimum Gasteiger partial charge on any atom is -0.755 e. The molecule has 176 valence electrons. The lowest BCUT2D eigenvalue weighted by atomic mass is 10.0. The number of piperidine rings is 1. The monoisotopic (exact) mass is 471 g/mol. The molecule has 1 saturated carbocycles. The summed E-state index contributed by atoms with van der Waals surface area (Å²) in [5.41, 5.74) is 7.66. The Labute approximate surface area is 195 Å². The standard InChI is InChI=1S/C22H28N6O4S/c1-12(13-2-4-15(5-3-13)25-33(31)32)27-17-8-20(22(27)30)26(10-17)11-18(24)21(29)28-16(9-23)6-14-7-19(14)28/h2-5,12,14,16-20,25H,6-8,10-11,24H2,1H3,(H,31,32)/p-1/t12-,14?,16+,17-,18+,19+,20-/m1/s1. The molecule has 10 nitrogen and oxygen atoms in total. The molecule has 8 atom stereocenters. The third kappa shape index (κ3) is 3.91. The Morgan fingerprint density at radius 3 is 2.70 bits per heavy atom. The number of fused-ring (bicyclic) bond motifs is 3. The molecule has 5 rings (SSSR count). The number of nitrogens with zero attached hydrogens (tertiary/aromatic N) is 4. The van der Waals surface area contributed by atoms with Crippen molar-refractivity contribution in [2.45, 2.75) is 62.4 Å². The SMILES string of the molecule is C[C@H](c1ccc(NS(=O)[O-])cc1)N1C(=O)[C@H]2C[C@@H]1CN2C[C@H](N)C(=O)N1[C@H](C#N)CC2C[C@@H]21. The summed E-state index contributed by atoms with van der Waals surface area (Å²) in [5, 5.41) is 9.36. The number of carbonyl (C=O) groups excluding carboxylic acids is 2. The molecule has 3 N–H and O–H groups in total. The van der Waals surface area contributed by atoms with E-state index in [0.29, 0.717) is 31.1 Å². The quantitative estimate of drug-likeness (QED) is 0.536. The molecule has 3 aliphatic heterocycles. The molecular weight excluding hydrogens is 444 g/mol. The molecule has 0 spiro atoms. The van der Waals surface area contributed by atoms with Gasteiger partial charge in [0.25, 0.3) is 0 Å². The lowest BCUT2D eigenvalue weighted by Crippen LogP contribution is -2.57. The van der Waals surface area contributed by atoms with Crippen LogP contribution in [0.1, 0.15) is 37.8 Å². The second-order valence-corrected chi connectivity index (χ2v) is 10.2. The van der Waals surface area contributed by atoms with Crippen molar-refractivity contribution in [3.8, 4) is 6.07 Å². The highest BCUT2D eigenvalue weighted by Gasteiger charge is 2.56. The lowest BCUT2D eigenvalue weighted by molar-refractivity contribution is -0.141. The fraction of sp³-hybridized carbons (Fsp3) is 0.591. The Morgan fingerprint density at radius 1 is 1.33 bits per heavy atom. The number of nitriles is 1. The molecule has 2 unspecified atom stereocenters. The van der Waals surface area contributed by atoms with Gasteiger partial charge in [0.2, 0.25) is 11.8 Å². The Morgan fingerprint density at radius 2 is 2.06 bits per heavy atom. The molecule has 1 aliphatic carbocycles. The number of hydrogen-bond donors (Lipinski definition) is 2. The van der Waals surface area contributed by atoms with Crippen LogP contribution in [0.25, 0.3) is 0 Å². The van der Waals surface area contributed by atoms with E-state index in [1.165, 1.54) is 0 Å². The average Bonchev–Trinajstić information content (AvgIpc) is 3.12. The van der Waals surface area contributed by atoms with Crippen LogP contribution in [0.2, 0.25) is 0 Å². The number of likely N-dealkylation sites (tertiary alicyclic amines) is 3. The predicted molar refractivity (Wildman–Crippen MR) is 119 cm³/mol. The molecule has 1 aromatic rings. The fourth-order valence-corrected chi connectivity index (χ4v) is 6.22. The smallest absolute Gasteiger partial charge is 0.242 e. The van der Waals surface area contributed by atoms with E-state index >= 15 is 0 Å². The van der Waals surface area contributed by atoms with Crippen LogP contribution < -0.4 is 10.5 Å². The van der Waals surface area contributed by atoms with E-state index in [1.807, 2.05) is 28.9 Å². The van der Waals surface area contributed by atoms with Crippen molar-refractivity contribution in [3.05, 3.63) is 29.8 Å². The minimum atomic E-state index is -2.38. The highest BCUT2D eigenvalue weighted by molar-refractivity contribution is 7.80. The number of hydrogen-bond acceptors (Lipinski definition) is 7. The molecule has 0 radical (unpaired) electrons. The molecule has 11 heteroatoms. The van der Waals surface area contributed by atoms with Gasteiger partial charge in [0, 0.05) is 42.1 Å². The summed E-state index contributed by atoms with van der Waals surface area (Å²) in [7, 11) is 0. The van der Waals surface area contributed by atoms with E-state index < -0.39 is 17.3 Å². The van der Waals surface area contributed by atoms with Crippen molar-refractivity contribution in [2.75, 3.05) is 17.8 Å². The van der Waals surface area contributed by atoms with E-state index in [4.69, 9.17) is 5.73 Å². The second-order valence-electron chi connectivity index (χ2n) is 9.54. The van der Waals surface area contributed by atoms with Gasteiger partial charge in [0.15, 0.2) is 0 Å². The van der Waals surface area contributed by atoms with Gasteiger partial charge in [0.1, 0.15) is 6.04 Å². The molecule has 33 heavy (non-hydrogen) atoms. The van der Waals surface area contributed by atoms with Crippen molar-refractivity contribution >= 4 is 28.8 Å². The Hall–Kier alpha value is -2.52. The molecule has 2 bridgehead atoms. The normalized spacial score (nSPS) is 32.9. The summed E-state index contributed by atoms with van der Waals surface area (Å²) >= 11 is -2.38. The van der Waals surface area contributed by atoms with Crippen LogP contribution in [-0.4, -0.2) is 78.6 Å². The fourth-order valence-electron chi connectivity index (χ4n) is 5.90. The van der Waals surface area contributed by atoms with Gasteiger partial charge >= 0.3 is 0 Å². The average molecular weight is 472 g/mol. The van der Waals surface area contributed by atoms with Crippen LogP contribution in [0.5, 0.6) is 0 Å². The molecule has 0 aromatic heterocycles. The van der Waals surface area contributed by atoms with Gasteiger partial charge in [0.05, 0.1) is 24.2 Å². The molecular formula is C22H27N6O4S-. The zero-order valence-electron chi connectivity index (χ0n) is 18.3. The van der Waals surface area contributed by atoms with Gasteiger partial charge < -0.3 is 24.8 Å². The second kappa shape index (κ2) is 8.36. The Bertz CT molecular complexity index is 1030. The van der Waals surface area contributed by atoms with Gasteiger partial charge in [-0.05, 0) is 49.8 Å². The van der Waals surface area contributed by atoms with Crippen molar-refractivity contribution < 1.29 is 18.4 Å². The van der Waals surface area contributed by atoms with E-state index in [-0.39, 0.29) is 42.0 Å². The maximum atomic E-state index is 13.2. The highest BCUT2D eigenvalue weighted by atomic mass is 32.2. The van der Waals surface area contributed by atoms with Gasteiger partial charge in [-0.3, -0.25) is 18.7 Å². The van der Waals surface area contributed by atoms with Crippen LogP contribution >= 0.6 is 0 Å². The first kappa shape index (κ1) is 22.3. The van der Waals surface area contributed by atoms with Crippen LogP contribution in [0.15, 0.2) is 24.3 Å². The molecule has 3 heterocycles. The largest absolute Gasteiger partial charge is 0.755 e. The third-order valence-corrected chi connectivity index (χ3v) is 7.98. The van der Waals surface area contributed by atoms with Crippen molar-refractivity contribution in [1.82, 2.24) is 14.7 Å². The first-order valence-electron chi connectivity index (χ1n) is 11.3. The molecule has 4 fully saturated rings. The first-order valence-corrected chi connectivity index (χ1v) is 12.4. The maximum absolute atomic E-state index is 13.2. The maximum Gasteiger partial charge on any atom is 0.242 e. The molecule has 3 saturated heterocycles. The van der Waals surface area contributed by atoms with Crippen LogP contribution in [0.4, 0.5) is 5.69 Å². The van der Waals surface area contributed by atoms with E-state index in [1.54, 1.807) is 17.0 Å². The first-order chi connectivity index (χ1) is 15.8. The summed E-state index contributed by atoms with van der Waals surface area (Å²) in [6.45, 7) is 2.94. The molecule has 2 amide bonds. The number of nitrogens with one attached hydrogen (secondary N) is 1. The van der Waals surface area contributed by atoms with Crippen molar-refractivity contribution in [2.24, 2.45) is 11.7 Å². The number of amides is 2. The lowest BCUT2D eigenvalue weighted by Gasteiger charge is -2.38. The zero-order chi connectivity index (χ0) is 23.4. The number of rotatable bonds is 7. The number of nitrogens with two attached hydrogens (primary N) is 1. The zero-order valence-corrected chi connectivity index (χ0v) is 19.1. The van der Waals surface area contributed by atoms with E-state index in [2.05, 4.69) is 10.8 Å². The highest BCUT2D eigenvalue weighted by Crippen LogP contribution is 2.48. The number of carbonyl (C=O) groups is 2. The number of anilines is 1. The topological polar surface area (TPSA) is 146 Å². The van der Waals surface area contributed by atoms with E-state index in [9.17, 15) is 23.6 Å². The van der Waals surface area contributed by atoms with Crippen molar-refractivity contribution in [1.29, 1.82) is 5.26 Å². The summed E-state index contributed by atoms with van der Waals surface area (Å²) < 4.78 is 23.9. The summed E-state index contributed by atoms with van der Waals surface area (Å²) in [5.74, 6) is 0.289. The van der Waals surface area contributed by atoms with E-state index in [0.717, 1.165) is 18.4 Å². The molecule has 4 aliphatic rings. The predicted octanol–water partition coefficient (Wildman–Crippen LogP) is 0.0790. The van der Waals surface area contributed by atoms with Crippen LogP contribution in [-0.2, 0) is 20.9 Å². The van der Waals surface area contributed by atoms with Crippen LogP contribution in [0.3, 0.4) is 0 Å². The summed E-state index contributed by atoms with van der Waals surface area (Å²) in [6.07, 6.45) is 2.40. The summed E-state index contributed by atoms with van der Waals surface area (Å²) in [4.78, 5) is 31.7. The Kier molecular flexibility index (Phi) is 5.64. The number of piperazine rings is 1. The van der Waals surface area contributed by atoms with Crippen molar-refractivity contribution in [3.63, 3.8) is 0 Å².